The molecule has 1 nitrogen and oxygen atoms in total. The lowest BCUT2D eigenvalue weighted by Crippen LogP contribution is -2.06. The Morgan fingerprint density at radius 3 is 1.78 bits per heavy atom. The van der Waals surface area contributed by atoms with Crippen LogP contribution in [0.5, 0.6) is 0 Å². The van der Waals surface area contributed by atoms with E-state index < -0.39 is 11.7 Å². The second-order valence-corrected chi connectivity index (χ2v) is 6.12. The first-order chi connectivity index (χ1) is 12.9. The zero-order valence-corrected chi connectivity index (χ0v) is 14.7. The van der Waals surface area contributed by atoms with Gasteiger partial charge in [-0.3, -0.25) is 4.98 Å². The lowest BCUT2D eigenvalue weighted by molar-refractivity contribution is -0.136. The predicted octanol–water partition coefficient (Wildman–Crippen LogP) is 6.92. The van der Waals surface area contributed by atoms with E-state index in [9.17, 15) is 13.2 Å². The third kappa shape index (κ3) is 4.73. The zero-order chi connectivity index (χ0) is 19.3. The molecule has 0 atom stereocenters. The molecule has 0 spiro atoms. The van der Waals surface area contributed by atoms with Crippen molar-refractivity contribution in [3.05, 3.63) is 102 Å². The average Bonchev–Trinajstić information content (AvgIpc) is 2.68. The molecule has 0 unspecified atom stereocenters. The van der Waals surface area contributed by atoms with Gasteiger partial charge in [0.1, 0.15) is 0 Å². The first kappa shape index (κ1) is 18.6. The summed E-state index contributed by atoms with van der Waals surface area (Å²) in [4.78, 5) is 3.83. The number of halogens is 3. The molecule has 0 amide bonds. The molecule has 0 aliphatic heterocycles. The number of pyridine rings is 1. The molecule has 0 radical (unpaired) electrons. The zero-order valence-electron chi connectivity index (χ0n) is 14.7. The highest BCUT2D eigenvalue weighted by atomic mass is 19.4. The first-order valence-electron chi connectivity index (χ1n) is 8.48. The van der Waals surface area contributed by atoms with Gasteiger partial charge < -0.3 is 0 Å². The summed E-state index contributed by atoms with van der Waals surface area (Å²) in [6, 6.07) is 26.5. The largest absolute Gasteiger partial charge is 0.418 e. The number of nitrogens with zero attached hydrogens (tertiary/aromatic N) is 1. The van der Waals surface area contributed by atoms with E-state index >= 15 is 0 Å². The Bertz CT molecular complexity index is 972. The maximum absolute atomic E-state index is 12.6. The molecular formula is C23H18F3N. The minimum absolute atomic E-state index is 0.00981. The van der Waals surface area contributed by atoms with Crippen molar-refractivity contribution in [1.29, 1.82) is 0 Å². The Hall–Kier alpha value is -3.14. The number of aryl methyl sites for hydroxylation is 1. The van der Waals surface area contributed by atoms with E-state index in [4.69, 9.17) is 0 Å². The van der Waals surface area contributed by atoms with Crippen LogP contribution in [-0.2, 0) is 6.18 Å². The Balaban J connectivity index is 0.000000159. The first-order valence-corrected chi connectivity index (χ1v) is 8.48. The second-order valence-electron chi connectivity index (χ2n) is 6.12. The number of aromatic nitrogens is 1. The van der Waals surface area contributed by atoms with E-state index in [-0.39, 0.29) is 5.52 Å². The summed E-state index contributed by atoms with van der Waals surface area (Å²) in [5.41, 5.74) is 2.73. The molecule has 4 rings (SSSR count). The molecule has 3 aromatic carbocycles. The van der Waals surface area contributed by atoms with Crippen molar-refractivity contribution in [3.8, 4) is 11.1 Å². The summed E-state index contributed by atoms with van der Waals surface area (Å²) in [6.45, 7) is 1.80. The Morgan fingerprint density at radius 2 is 1.26 bits per heavy atom. The topological polar surface area (TPSA) is 12.9 Å². The van der Waals surface area contributed by atoms with Gasteiger partial charge in [0.25, 0.3) is 0 Å². The maximum Gasteiger partial charge on any atom is 0.418 e. The van der Waals surface area contributed by atoms with Crippen molar-refractivity contribution in [2.75, 3.05) is 0 Å². The fourth-order valence-corrected chi connectivity index (χ4v) is 2.76. The van der Waals surface area contributed by atoms with Crippen LogP contribution < -0.4 is 0 Å². The summed E-state index contributed by atoms with van der Waals surface area (Å²) in [6.07, 6.45) is -2.90. The SMILES string of the molecule is Cc1cnc2c(C(F)(F)F)cccc2c1.c1ccc(-c2ccccc2)cc1. The normalized spacial score (nSPS) is 11.0. The van der Waals surface area contributed by atoms with Crippen LogP contribution in [0.1, 0.15) is 11.1 Å². The van der Waals surface area contributed by atoms with Crippen molar-refractivity contribution in [2.24, 2.45) is 0 Å². The number of rotatable bonds is 1. The van der Waals surface area contributed by atoms with Crippen LogP contribution in [0.2, 0.25) is 0 Å². The van der Waals surface area contributed by atoms with Crippen molar-refractivity contribution >= 4 is 10.9 Å². The fourth-order valence-electron chi connectivity index (χ4n) is 2.76. The lowest BCUT2D eigenvalue weighted by Gasteiger charge is -2.09. The molecule has 27 heavy (non-hydrogen) atoms. The molecule has 0 saturated carbocycles. The number of alkyl halides is 3. The van der Waals surface area contributed by atoms with Crippen LogP contribution >= 0.6 is 0 Å². The Labute approximate surface area is 156 Å². The molecule has 1 aromatic heterocycles. The highest BCUT2D eigenvalue weighted by Gasteiger charge is 2.32. The predicted molar refractivity (Wildman–Crippen MR) is 103 cm³/mol. The maximum atomic E-state index is 12.6. The number of para-hydroxylation sites is 1. The number of benzene rings is 3. The molecule has 0 saturated heterocycles. The molecule has 0 aliphatic carbocycles. The van der Waals surface area contributed by atoms with Crippen molar-refractivity contribution in [2.45, 2.75) is 13.1 Å². The summed E-state index contributed by atoms with van der Waals surface area (Å²) in [5, 5.41) is 0.518. The van der Waals surface area contributed by atoms with Crippen LogP contribution in [0.15, 0.2) is 91.1 Å². The molecule has 0 bridgehead atoms. The van der Waals surface area contributed by atoms with Crippen molar-refractivity contribution in [1.82, 2.24) is 4.98 Å². The molecule has 4 heteroatoms. The minimum Gasteiger partial charge on any atom is -0.255 e. The van der Waals surface area contributed by atoms with E-state index in [2.05, 4.69) is 53.5 Å². The van der Waals surface area contributed by atoms with E-state index in [1.165, 1.54) is 23.4 Å². The quantitative estimate of drug-likeness (QED) is 0.357. The highest BCUT2D eigenvalue weighted by molar-refractivity contribution is 5.82. The van der Waals surface area contributed by atoms with Gasteiger partial charge in [-0.25, -0.2) is 0 Å². The smallest absolute Gasteiger partial charge is 0.255 e. The van der Waals surface area contributed by atoms with Crippen LogP contribution in [0.3, 0.4) is 0 Å². The van der Waals surface area contributed by atoms with Gasteiger partial charge in [-0.05, 0) is 35.7 Å². The summed E-state index contributed by atoms with van der Waals surface area (Å²) >= 11 is 0. The Morgan fingerprint density at radius 1 is 0.704 bits per heavy atom. The number of hydrogen-bond acceptors (Lipinski definition) is 1. The van der Waals surface area contributed by atoms with E-state index in [0.29, 0.717) is 5.39 Å². The van der Waals surface area contributed by atoms with Gasteiger partial charge in [0.05, 0.1) is 11.1 Å². The molecule has 4 aromatic rings. The van der Waals surface area contributed by atoms with Gasteiger partial charge in [-0.15, -0.1) is 0 Å². The van der Waals surface area contributed by atoms with Gasteiger partial charge in [-0.1, -0.05) is 72.8 Å². The van der Waals surface area contributed by atoms with Gasteiger partial charge >= 0.3 is 6.18 Å². The van der Waals surface area contributed by atoms with E-state index in [1.54, 1.807) is 19.1 Å². The molecule has 0 fully saturated rings. The summed E-state index contributed by atoms with van der Waals surface area (Å²) < 4.78 is 37.7. The summed E-state index contributed by atoms with van der Waals surface area (Å²) in [5.74, 6) is 0. The monoisotopic (exact) mass is 365 g/mol. The van der Waals surface area contributed by atoms with Crippen LogP contribution in [-0.4, -0.2) is 4.98 Å². The number of hydrogen-bond donors (Lipinski definition) is 0. The van der Waals surface area contributed by atoms with Gasteiger partial charge in [-0.2, -0.15) is 13.2 Å². The molecule has 0 aliphatic rings. The van der Waals surface area contributed by atoms with Gasteiger partial charge in [0, 0.05) is 11.6 Å². The van der Waals surface area contributed by atoms with Crippen molar-refractivity contribution in [3.63, 3.8) is 0 Å². The van der Waals surface area contributed by atoms with Gasteiger partial charge in [0.15, 0.2) is 0 Å². The Kier molecular flexibility index (Phi) is 5.55. The molecule has 1 heterocycles. The fraction of sp³-hybridized carbons (Fsp3) is 0.0870. The minimum atomic E-state index is -4.35. The lowest BCUT2D eigenvalue weighted by atomic mass is 10.1. The average molecular weight is 365 g/mol. The molecule has 136 valence electrons. The second kappa shape index (κ2) is 8.04. The van der Waals surface area contributed by atoms with E-state index in [1.807, 2.05) is 12.1 Å². The molecule has 0 N–H and O–H groups in total. The van der Waals surface area contributed by atoms with Crippen LogP contribution in [0, 0.1) is 6.92 Å². The highest BCUT2D eigenvalue weighted by Crippen LogP contribution is 2.33. The third-order valence-corrected chi connectivity index (χ3v) is 4.03. The summed E-state index contributed by atoms with van der Waals surface area (Å²) in [7, 11) is 0. The van der Waals surface area contributed by atoms with Crippen molar-refractivity contribution < 1.29 is 13.2 Å². The van der Waals surface area contributed by atoms with E-state index in [0.717, 1.165) is 11.6 Å². The van der Waals surface area contributed by atoms with Crippen LogP contribution in [0.4, 0.5) is 13.2 Å². The van der Waals surface area contributed by atoms with Crippen LogP contribution in [0.25, 0.3) is 22.0 Å². The standard InChI is InChI=1S/C12H10.C11H8F3N/c1-3-7-11(8-4-1)12-9-5-2-6-10-12;1-7-5-8-3-2-4-9(11(12,13)14)10(8)15-6-7/h1-10H;2-6H,1H3. The molecular weight excluding hydrogens is 347 g/mol. The third-order valence-electron chi connectivity index (χ3n) is 4.03. The number of fused-ring (bicyclic) bond motifs is 1. The van der Waals surface area contributed by atoms with Gasteiger partial charge in [0.2, 0.25) is 0 Å².